The number of nitrogens with one attached hydrogen (secondary N) is 1. The highest BCUT2D eigenvalue weighted by molar-refractivity contribution is 6.35. The molecule has 1 aliphatic heterocycles. The topological polar surface area (TPSA) is 106 Å². The Morgan fingerprint density at radius 3 is 2.38 bits per heavy atom. The first-order chi connectivity index (χ1) is 15.3. The van der Waals surface area contributed by atoms with E-state index in [2.05, 4.69) is 5.32 Å². The summed E-state index contributed by atoms with van der Waals surface area (Å²) in [6.45, 7) is -0.593. The Hall–Kier alpha value is -3.62. The first kappa shape index (κ1) is 21.6. The van der Waals surface area contributed by atoms with Gasteiger partial charge in [-0.3, -0.25) is 19.3 Å². The van der Waals surface area contributed by atoms with Gasteiger partial charge in [-0.05, 0) is 48.5 Å². The molecule has 0 unspecified atom stereocenters. The van der Waals surface area contributed by atoms with Gasteiger partial charge in [-0.25, -0.2) is 4.79 Å². The number of furan rings is 1. The van der Waals surface area contributed by atoms with Gasteiger partial charge in [0, 0.05) is 15.7 Å². The summed E-state index contributed by atoms with van der Waals surface area (Å²) in [6.07, 6.45) is 1.44. The number of hydrogen-bond donors (Lipinski definition) is 1. The molecule has 1 N–H and O–H groups in total. The van der Waals surface area contributed by atoms with Crippen LogP contribution in [0.4, 0.5) is 5.69 Å². The van der Waals surface area contributed by atoms with Gasteiger partial charge < -0.3 is 14.5 Å². The molecule has 0 spiro atoms. The van der Waals surface area contributed by atoms with E-state index in [1.807, 2.05) is 0 Å². The second-order valence-corrected chi connectivity index (χ2v) is 7.69. The Balaban J connectivity index is 1.40. The maximum Gasteiger partial charge on any atom is 0.338 e. The van der Waals surface area contributed by atoms with Gasteiger partial charge >= 0.3 is 5.97 Å². The van der Waals surface area contributed by atoms with E-state index < -0.39 is 30.3 Å². The molecule has 0 aliphatic carbocycles. The Labute approximate surface area is 191 Å². The van der Waals surface area contributed by atoms with Crippen molar-refractivity contribution in [1.82, 2.24) is 4.90 Å². The number of halogens is 2. The second-order valence-electron chi connectivity index (χ2n) is 6.82. The van der Waals surface area contributed by atoms with Crippen LogP contribution in [0, 0.1) is 0 Å². The first-order valence-corrected chi connectivity index (χ1v) is 10.0. The van der Waals surface area contributed by atoms with Crippen molar-refractivity contribution in [3.05, 3.63) is 87.3 Å². The fourth-order valence-corrected chi connectivity index (χ4v) is 3.68. The Morgan fingerprint density at radius 1 is 0.969 bits per heavy atom. The Morgan fingerprint density at radius 2 is 1.69 bits per heavy atom. The Bertz CT molecular complexity index is 1220. The van der Waals surface area contributed by atoms with Crippen molar-refractivity contribution in [2.45, 2.75) is 6.54 Å². The summed E-state index contributed by atoms with van der Waals surface area (Å²) in [5.41, 5.74) is 0.632. The van der Waals surface area contributed by atoms with Crippen molar-refractivity contribution in [3.8, 4) is 0 Å². The molecule has 3 aromatic rings. The smallest absolute Gasteiger partial charge is 0.338 e. The predicted octanol–water partition coefficient (Wildman–Crippen LogP) is 4.18. The predicted molar refractivity (Wildman–Crippen MR) is 115 cm³/mol. The average Bonchev–Trinajstić information content (AvgIpc) is 3.34. The maximum absolute atomic E-state index is 12.7. The number of carbonyl (C=O) groups excluding carboxylic acids is 4. The van der Waals surface area contributed by atoms with E-state index >= 15 is 0 Å². The summed E-state index contributed by atoms with van der Waals surface area (Å²) in [5.74, 6) is -2.01. The number of esters is 1. The maximum atomic E-state index is 12.7. The third-order valence-corrected chi connectivity index (χ3v) is 5.02. The van der Waals surface area contributed by atoms with Crippen LogP contribution < -0.4 is 5.32 Å². The molecule has 1 aromatic heterocycles. The summed E-state index contributed by atoms with van der Waals surface area (Å²) in [6, 6.07) is 11.8. The van der Waals surface area contributed by atoms with Crippen LogP contribution in [0.15, 0.2) is 59.2 Å². The summed E-state index contributed by atoms with van der Waals surface area (Å²) in [5, 5.41) is 3.18. The molecule has 4 rings (SSSR count). The fraction of sp³-hybridized carbons (Fsp3) is 0.0909. The van der Waals surface area contributed by atoms with Crippen LogP contribution in [-0.4, -0.2) is 35.2 Å². The number of hydrogen-bond acceptors (Lipinski definition) is 6. The van der Waals surface area contributed by atoms with E-state index in [4.69, 9.17) is 32.4 Å². The molecule has 3 amide bonds. The van der Waals surface area contributed by atoms with Gasteiger partial charge in [0.05, 0.1) is 29.5 Å². The molecule has 162 valence electrons. The quantitative estimate of drug-likeness (QED) is 0.426. The summed E-state index contributed by atoms with van der Waals surface area (Å²) in [4.78, 5) is 50.6. The van der Waals surface area contributed by atoms with E-state index in [1.54, 1.807) is 12.1 Å². The molecule has 0 saturated heterocycles. The van der Waals surface area contributed by atoms with E-state index in [-0.39, 0.29) is 23.2 Å². The zero-order chi connectivity index (χ0) is 22.8. The molecule has 0 bridgehead atoms. The van der Waals surface area contributed by atoms with Crippen LogP contribution in [0.2, 0.25) is 10.0 Å². The number of benzene rings is 2. The number of ether oxygens (including phenoxy) is 1. The molecule has 8 nitrogen and oxygen atoms in total. The fourth-order valence-electron chi connectivity index (χ4n) is 3.16. The van der Waals surface area contributed by atoms with Crippen molar-refractivity contribution >= 4 is 52.6 Å². The van der Waals surface area contributed by atoms with Crippen LogP contribution in [0.5, 0.6) is 0 Å². The standard InChI is InChI=1S/C22H14Cl2N2O6/c23-13-7-14(24)9-15(8-13)25-19(27)11-32-22(30)12-3-4-17-18(6-12)21(29)26(20(17)28)10-16-2-1-5-31-16/h1-9H,10-11H2,(H,25,27). The molecule has 2 aromatic carbocycles. The monoisotopic (exact) mass is 472 g/mol. The van der Waals surface area contributed by atoms with Crippen LogP contribution >= 0.6 is 23.2 Å². The van der Waals surface area contributed by atoms with Gasteiger partial charge in [0.15, 0.2) is 6.61 Å². The van der Waals surface area contributed by atoms with Gasteiger partial charge in [0.2, 0.25) is 0 Å². The van der Waals surface area contributed by atoms with E-state index in [1.165, 1.54) is 42.7 Å². The van der Waals surface area contributed by atoms with Gasteiger partial charge in [-0.15, -0.1) is 0 Å². The van der Waals surface area contributed by atoms with Crippen molar-refractivity contribution in [2.24, 2.45) is 0 Å². The lowest BCUT2D eigenvalue weighted by atomic mass is 10.1. The Kier molecular flexibility index (Phi) is 5.98. The molecular weight excluding hydrogens is 459 g/mol. The lowest BCUT2D eigenvalue weighted by Gasteiger charge is -2.11. The summed E-state index contributed by atoms with van der Waals surface area (Å²) < 4.78 is 10.2. The third-order valence-electron chi connectivity index (χ3n) is 4.58. The van der Waals surface area contributed by atoms with Crippen molar-refractivity contribution in [3.63, 3.8) is 0 Å². The second kappa shape index (κ2) is 8.86. The van der Waals surface area contributed by atoms with Gasteiger partial charge in [-0.2, -0.15) is 0 Å². The number of carbonyl (C=O) groups is 4. The zero-order valence-corrected chi connectivity index (χ0v) is 17.8. The number of imide groups is 1. The minimum atomic E-state index is -0.822. The summed E-state index contributed by atoms with van der Waals surface area (Å²) in [7, 11) is 0. The molecule has 1 aliphatic rings. The SMILES string of the molecule is O=C(COC(=O)c1ccc2c(c1)C(=O)N(Cc1ccco1)C2=O)Nc1cc(Cl)cc(Cl)c1. The molecule has 0 saturated carbocycles. The number of fused-ring (bicyclic) bond motifs is 1. The molecule has 2 heterocycles. The van der Waals surface area contributed by atoms with Crippen molar-refractivity contribution in [2.75, 3.05) is 11.9 Å². The lowest BCUT2D eigenvalue weighted by Crippen LogP contribution is -2.28. The van der Waals surface area contributed by atoms with Crippen LogP contribution in [-0.2, 0) is 16.1 Å². The van der Waals surface area contributed by atoms with Gasteiger partial charge in [0.1, 0.15) is 5.76 Å². The van der Waals surface area contributed by atoms with Gasteiger partial charge in [0.25, 0.3) is 17.7 Å². The highest BCUT2D eigenvalue weighted by atomic mass is 35.5. The van der Waals surface area contributed by atoms with E-state index in [0.29, 0.717) is 21.5 Å². The van der Waals surface area contributed by atoms with Gasteiger partial charge in [-0.1, -0.05) is 23.2 Å². The lowest BCUT2D eigenvalue weighted by molar-refractivity contribution is -0.119. The first-order valence-electron chi connectivity index (χ1n) is 9.27. The normalized spacial score (nSPS) is 12.6. The largest absolute Gasteiger partial charge is 0.467 e. The van der Waals surface area contributed by atoms with Crippen LogP contribution in [0.1, 0.15) is 36.8 Å². The minimum absolute atomic E-state index is 0.0210. The summed E-state index contributed by atoms with van der Waals surface area (Å²) >= 11 is 11.8. The van der Waals surface area contributed by atoms with Crippen molar-refractivity contribution in [1.29, 1.82) is 0 Å². The number of amides is 3. The average molecular weight is 473 g/mol. The highest BCUT2D eigenvalue weighted by Crippen LogP contribution is 2.26. The minimum Gasteiger partial charge on any atom is -0.467 e. The zero-order valence-electron chi connectivity index (χ0n) is 16.3. The van der Waals surface area contributed by atoms with Crippen LogP contribution in [0.25, 0.3) is 0 Å². The van der Waals surface area contributed by atoms with E-state index in [0.717, 1.165) is 4.90 Å². The molecular formula is C22H14Cl2N2O6. The number of rotatable bonds is 6. The van der Waals surface area contributed by atoms with Crippen molar-refractivity contribution < 1.29 is 28.3 Å². The van der Waals surface area contributed by atoms with Crippen LogP contribution in [0.3, 0.4) is 0 Å². The molecule has 32 heavy (non-hydrogen) atoms. The molecule has 0 atom stereocenters. The highest BCUT2D eigenvalue weighted by Gasteiger charge is 2.36. The number of nitrogens with zero attached hydrogens (tertiary/aromatic N) is 1. The number of anilines is 1. The molecule has 0 fully saturated rings. The third kappa shape index (κ3) is 4.51. The van der Waals surface area contributed by atoms with E-state index in [9.17, 15) is 19.2 Å². The molecule has 10 heteroatoms. The molecule has 0 radical (unpaired) electrons.